The van der Waals surface area contributed by atoms with Gasteiger partial charge in [0.1, 0.15) is 29.0 Å². The number of aromatic hydroxyl groups is 6. The van der Waals surface area contributed by atoms with Gasteiger partial charge in [-0.2, -0.15) is 0 Å². The molecule has 10 N–H and O–H groups in total. The third-order valence-electron chi connectivity index (χ3n) is 16.2. The molecule has 3 amide bonds. The minimum Gasteiger partial charge on any atom is -0.508 e. The van der Waals surface area contributed by atoms with Crippen molar-refractivity contribution in [2.24, 2.45) is 0 Å². The number of aliphatic carboxylic acids is 1. The Morgan fingerprint density at radius 1 is 0.608 bits per heavy atom. The Kier molecular flexibility index (Phi) is 27.0. The molecular weight excluding hydrogens is 1260 g/mol. The lowest BCUT2D eigenvalue weighted by atomic mass is 9.98. The van der Waals surface area contributed by atoms with Crippen molar-refractivity contribution in [1.82, 2.24) is 70.0 Å². The van der Waals surface area contributed by atoms with Gasteiger partial charge in [0.2, 0.25) is 5.91 Å². The summed E-state index contributed by atoms with van der Waals surface area (Å²) in [4.78, 5) is 99.4. The SMILES string of the molecule is CCN(CCN(C)CC(=O)OC1OC(=O)CN(C)CCN(C)CC(=O)O1)[C@H](CCC(=O)NCCCN(CCCNC(=O)c1ccc(-n2c(O)nnc2-c2cc(C(C)C)c(O)cc2O)cc1)CCCNC(=O)c1ccc(-n2c(O)nnc2-c2cc(C(C)C)c(O)cc2O)cc1)C(=O)O. The highest BCUT2D eigenvalue weighted by molar-refractivity contribution is 5.95. The van der Waals surface area contributed by atoms with E-state index in [0.29, 0.717) is 92.2 Å². The van der Waals surface area contributed by atoms with E-state index >= 15 is 0 Å². The highest BCUT2D eigenvalue weighted by Gasteiger charge is 2.30. The number of nitrogens with zero attached hydrogens (tertiary/aromatic N) is 11. The number of rotatable bonds is 32. The van der Waals surface area contributed by atoms with Gasteiger partial charge in [0, 0.05) is 75.5 Å². The number of ether oxygens (including phenoxy) is 3. The van der Waals surface area contributed by atoms with E-state index in [9.17, 15) is 69.3 Å². The molecule has 1 aliphatic rings. The van der Waals surface area contributed by atoms with Gasteiger partial charge in [0.15, 0.2) is 11.6 Å². The van der Waals surface area contributed by atoms with Gasteiger partial charge >= 0.3 is 42.4 Å². The molecule has 0 radical (unpaired) electrons. The summed E-state index contributed by atoms with van der Waals surface area (Å²) in [5.74, 6) is -5.34. The number of carbonyl (C=O) groups excluding carboxylic acids is 6. The van der Waals surface area contributed by atoms with Crippen molar-refractivity contribution < 1.29 is 83.5 Å². The summed E-state index contributed by atoms with van der Waals surface area (Å²) < 4.78 is 18.1. The molecule has 0 spiro atoms. The molecule has 2 aromatic heterocycles. The number of amides is 3. The van der Waals surface area contributed by atoms with Crippen molar-refractivity contribution in [2.75, 3.05) is 113 Å². The van der Waals surface area contributed by atoms with Gasteiger partial charge in [-0.3, -0.25) is 53.2 Å². The lowest BCUT2D eigenvalue weighted by Crippen LogP contribution is -2.46. The first kappa shape index (κ1) is 74.4. The van der Waals surface area contributed by atoms with Crippen LogP contribution in [0.1, 0.15) is 110 Å². The average Bonchev–Trinajstić information content (AvgIpc) is 1.71. The van der Waals surface area contributed by atoms with Crippen molar-refractivity contribution in [3.63, 3.8) is 0 Å². The molecule has 524 valence electrons. The lowest BCUT2D eigenvalue weighted by molar-refractivity contribution is -0.258. The molecule has 1 aliphatic heterocycles. The van der Waals surface area contributed by atoms with Crippen LogP contribution < -0.4 is 16.0 Å². The molecule has 31 nitrogen and oxygen atoms in total. The largest absolute Gasteiger partial charge is 0.508 e. The molecule has 7 rings (SSSR count). The van der Waals surface area contributed by atoms with Gasteiger partial charge in [-0.05, 0) is 157 Å². The number of benzene rings is 4. The fourth-order valence-corrected chi connectivity index (χ4v) is 10.8. The minimum atomic E-state index is -1.90. The highest BCUT2D eigenvalue weighted by Crippen LogP contribution is 2.40. The van der Waals surface area contributed by atoms with E-state index in [-0.39, 0.29) is 141 Å². The first-order valence-electron chi connectivity index (χ1n) is 32.0. The summed E-state index contributed by atoms with van der Waals surface area (Å²) in [6, 6.07) is 16.2. The third-order valence-corrected chi connectivity index (χ3v) is 16.2. The molecule has 97 heavy (non-hydrogen) atoms. The maximum absolute atomic E-state index is 13.5. The number of phenols is 4. The van der Waals surface area contributed by atoms with Crippen LogP contribution in [0.15, 0.2) is 72.8 Å². The number of likely N-dealkylation sites (N-methyl/N-ethyl adjacent to an activating group) is 4. The predicted octanol–water partition coefficient (Wildman–Crippen LogP) is 3.69. The molecule has 1 atom stereocenters. The number of carboxylic acid groups (broad SMARTS) is 1. The number of phenolic OH excluding ortho intramolecular Hbond substituents is 4. The van der Waals surface area contributed by atoms with Crippen LogP contribution >= 0.6 is 0 Å². The second-order valence-corrected chi connectivity index (χ2v) is 24.3. The predicted molar refractivity (Wildman–Crippen MR) is 352 cm³/mol. The van der Waals surface area contributed by atoms with E-state index in [1.165, 1.54) is 21.3 Å². The molecule has 6 aromatic rings. The normalized spacial score (nSPS) is 14.0. The number of carboxylic acids is 1. The van der Waals surface area contributed by atoms with E-state index in [1.807, 2.05) is 27.7 Å². The first-order valence-corrected chi connectivity index (χ1v) is 32.0. The zero-order valence-electron chi connectivity index (χ0n) is 55.8. The number of cyclic esters (lactones) is 2. The zero-order chi connectivity index (χ0) is 70.6. The number of hydrogen-bond donors (Lipinski definition) is 10. The topological polar surface area (TPSA) is 402 Å². The van der Waals surface area contributed by atoms with E-state index in [0.717, 1.165) is 0 Å². The molecule has 0 bridgehead atoms. The number of carbonyl (C=O) groups is 7. The van der Waals surface area contributed by atoms with Crippen LogP contribution in [0.4, 0.5) is 0 Å². The van der Waals surface area contributed by atoms with E-state index in [2.05, 4.69) is 41.2 Å². The van der Waals surface area contributed by atoms with Gasteiger partial charge < -0.3 is 70.8 Å². The van der Waals surface area contributed by atoms with Crippen LogP contribution in [0.25, 0.3) is 34.2 Å². The Morgan fingerprint density at radius 2 is 1.04 bits per heavy atom. The first-order chi connectivity index (χ1) is 46.2. The molecule has 0 saturated carbocycles. The van der Waals surface area contributed by atoms with Gasteiger partial charge in [0.25, 0.3) is 11.8 Å². The molecular formula is C66H88N14O17. The summed E-state index contributed by atoms with van der Waals surface area (Å²) in [5.41, 5.74) is 2.97. The summed E-state index contributed by atoms with van der Waals surface area (Å²) in [5, 5.41) is 98.7. The summed E-state index contributed by atoms with van der Waals surface area (Å²) >= 11 is 0. The van der Waals surface area contributed by atoms with Crippen molar-refractivity contribution in [3.8, 4) is 69.2 Å². The van der Waals surface area contributed by atoms with Crippen molar-refractivity contribution in [3.05, 3.63) is 95.1 Å². The summed E-state index contributed by atoms with van der Waals surface area (Å²) in [7, 11) is 5.00. The Labute approximate surface area is 561 Å². The molecule has 1 saturated heterocycles. The second-order valence-electron chi connectivity index (χ2n) is 24.3. The fourth-order valence-electron chi connectivity index (χ4n) is 10.8. The van der Waals surface area contributed by atoms with Gasteiger partial charge in [-0.1, -0.05) is 44.8 Å². The Hall–Kier alpha value is -9.95. The number of hydrogen-bond acceptors (Lipinski definition) is 25. The average molecular weight is 1350 g/mol. The Morgan fingerprint density at radius 3 is 1.45 bits per heavy atom. The van der Waals surface area contributed by atoms with Crippen LogP contribution in [0.5, 0.6) is 35.0 Å². The maximum atomic E-state index is 13.5. The van der Waals surface area contributed by atoms with Crippen LogP contribution in [-0.2, 0) is 38.2 Å². The van der Waals surface area contributed by atoms with E-state index < -0.39 is 48.4 Å². The van der Waals surface area contributed by atoms with Gasteiger partial charge in [-0.25, -0.2) is 9.13 Å². The molecule has 0 aliphatic carbocycles. The summed E-state index contributed by atoms with van der Waals surface area (Å²) in [6.45, 7) is 10.7. The van der Waals surface area contributed by atoms with Gasteiger partial charge in [-0.15, -0.1) is 10.2 Å². The number of esters is 3. The molecule has 31 heteroatoms. The van der Waals surface area contributed by atoms with Crippen LogP contribution in [0, 0.1) is 0 Å². The molecule has 0 unspecified atom stereocenters. The quantitative estimate of drug-likeness (QED) is 0.0213. The smallest absolute Gasteiger partial charge is 0.412 e. The molecule has 1 fully saturated rings. The van der Waals surface area contributed by atoms with Crippen LogP contribution in [-0.4, -0.2) is 257 Å². The Balaban J connectivity index is 0.918. The Bertz CT molecular complexity index is 3500. The van der Waals surface area contributed by atoms with E-state index in [1.54, 1.807) is 108 Å². The lowest BCUT2D eigenvalue weighted by Gasteiger charge is -2.29. The molecule has 4 aromatic carbocycles. The van der Waals surface area contributed by atoms with Crippen LogP contribution in [0.2, 0.25) is 0 Å². The maximum Gasteiger partial charge on any atom is 0.412 e. The van der Waals surface area contributed by atoms with Crippen molar-refractivity contribution >= 4 is 41.6 Å². The monoisotopic (exact) mass is 1350 g/mol. The summed E-state index contributed by atoms with van der Waals surface area (Å²) in [6.07, 6.45) is 1.39. The van der Waals surface area contributed by atoms with Crippen molar-refractivity contribution in [2.45, 2.75) is 91.1 Å². The third kappa shape index (κ3) is 21.0. The van der Waals surface area contributed by atoms with Crippen molar-refractivity contribution in [1.29, 1.82) is 0 Å². The fraction of sp³-hybridized carbons (Fsp3) is 0.470. The van der Waals surface area contributed by atoms with Crippen LogP contribution in [0.3, 0.4) is 0 Å². The number of nitrogens with one attached hydrogen (secondary N) is 3. The van der Waals surface area contributed by atoms with Gasteiger partial charge in [0.05, 0.1) is 42.1 Å². The zero-order valence-corrected chi connectivity index (χ0v) is 55.8. The standard InChI is InChI=1S/C66H88N14O17/c1-9-78(32-31-76(8)39-58(88)97-66-95-56(86)37-74(6)29-30-75(7)38-57(87)96-66)50(63(91)92)21-22-55(85)67-23-10-26-77(27-11-24-68-61(89)42-13-17-44(18-14-42)79-59(70-72-64(79)93)48-33-46(40(2)3)51(81)35-53(48)83)28-12-25-69-62(90)43-15-19-45(20-16-43)80-60(71-73-65(80)94)49-34-47(41(4)5)52(82)36-54(49)84/h13-20,33-36,40-41,50,66,81-84H,9-12,21-32,37-39H2,1-8H3,(H,67,85)(H,68,89)(H,69,90)(H,72,93)(H,73,94)(H,91,92)/t50-/m1/s1. The van der Waals surface area contributed by atoms with E-state index in [4.69, 9.17) is 14.2 Å². The number of aromatic nitrogens is 6. The highest BCUT2D eigenvalue weighted by atomic mass is 16.9. The minimum absolute atomic E-state index is 0.0159. The molecule has 3 heterocycles. The second kappa shape index (κ2) is 35.2.